The lowest BCUT2D eigenvalue weighted by atomic mass is 10.1. The van der Waals surface area contributed by atoms with Crippen molar-refractivity contribution in [2.45, 2.75) is 6.10 Å². The average molecular weight is 242 g/mol. The minimum absolute atomic E-state index is 0.327. The highest BCUT2D eigenvalue weighted by atomic mass is 79.9. The normalized spacial score (nSPS) is 12.1. The van der Waals surface area contributed by atoms with Gasteiger partial charge >= 0.3 is 0 Å². The van der Waals surface area contributed by atoms with Gasteiger partial charge in [-0.05, 0) is 6.07 Å². The summed E-state index contributed by atoms with van der Waals surface area (Å²) in [6, 6.07) is 3.41. The molecule has 0 bridgehead atoms. The molecule has 1 unspecified atom stereocenters. The monoisotopic (exact) mass is 241 g/mol. The molecule has 1 atom stereocenters. The first kappa shape index (κ1) is 9.96. The van der Waals surface area contributed by atoms with E-state index in [1.807, 2.05) is 6.07 Å². The standard InChI is InChI=1S/C8H8BrN3O/c9-2-8(13)7-1-5(3-10)6(11)4-12-7/h1,4,8,13H,2,11H2. The zero-order chi connectivity index (χ0) is 9.84. The van der Waals surface area contributed by atoms with E-state index < -0.39 is 6.10 Å². The largest absolute Gasteiger partial charge is 0.396 e. The highest BCUT2D eigenvalue weighted by molar-refractivity contribution is 9.09. The smallest absolute Gasteiger partial charge is 0.106 e. The molecule has 0 aliphatic rings. The van der Waals surface area contributed by atoms with Gasteiger partial charge in [0.05, 0.1) is 23.1 Å². The number of aromatic nitrogens is 1. The van der Waals surface area contributed by atoms with Crippen LogP contribution in [0.4, 0.5) is 5.69 Å². The molecular formula is C8H8BrN3O. The van der Waals surface area contributed by atoms with Crippen molar-refractivity contribution in [3.63, 3.8) is 0 Å². The predicted octanol–water partition coefficient (Wildman–Crippen LogP) is 0.964. The Hall–Kier alpha value is -1.12. The van der Waals surface area contributed by atoms with Gasteiger partial charge in [0.15, 0.2) is 0 Å². The maximum absolute atomic E-state index is 9.38. The molecule has 1 aromatic heterocycles. The van der Waals surface area contributed by atoms with E-state index in [9.17, 15) is 5.11 Å². The molecule has 0 amide bonds. The van der Waals surface area contributed by atoms with Crippen LogP contribution in [0.15, 0.2) is 12.3 Å². The van der Waals surface area contributed by atoms with Crippen LogP contribution in [-0.2, 0) is 0 Å². The molecule has 0 aromatic carbocycles. The quantitative estimate of drug-likeness (QED) is 0.756. The van der Waals surface area contributed by atoms with E-state index in [0.717, 1.165) is 0 Å². The summed E-state index contributed by atoms with van der Waals surface area (Å²) < 4.78 is 0. The van der Waals surface area contributed by atoms with Gasteiger partial charge in [0, 0.05) is 5.33 Å². The Morgan fingerprint density at radius 2 is 2.46 bits per heavy atom. The number of halogens is 1. The second kappa shape index (κ2) is 4.21. The van der Waals surface area contributed by atoms with Crippen molar-refractivity contribution in [1.82, 2.24) is 4.98 Å². The van der Waals surface area contributed by atoms with Gasteiger partial charge in [0.2, 0.25) is 0 Å². The van der Waals surface area contributed by atoms with Gasteiger partial charge in [-0.15, -0.1) is 0 Å². The van der Waals surface area contributed by atoms with Crippen molar-refractivity contribution in [2.24, 2.45) is 0 Å². The molecule has 0 fully saturated rings. The lowest BCUT2D eigenvalue weighted by Crippen LogP contribution is -2.03. The third-order valence-electron chi connectivity index (χ3n) is 1.56. The number of anilines is 1. The van der Waals surface area contributed by atoms with Gasteiger partial charge in [0.1, 0.15) is 12.2 Å². The fourth-order valence-corrected chi connectivity index (χ4v) is 1.17. The summed E-state index contributed by atoms with van der Waals surface area (Å²) in [4.78, 5) is 3.90. The Balaban J connectivity index is 3.08. The summed E-state index contributed by atoms with van der Waals surface area (Å²) in [5.74, 6) is 0. The molecule has 13 heavy (non-hydrogen) atoms. The van der Waals surface area contributed by atoms with Gasteiger partial charge < -0.3 is 10.8 Å². The molecule has 3 N–H and O–H groups in total. The molecule has 1 aromatic rings. The topological polar surface area (TPSA) is 82.9 Å². The summed E-state index contributed by atoms with van der Waals surface area (Å²) in [5, 5.41) is 18.4. The van der Waals surface area contributed by atoms with Crippen molar-refractivity contribution in [3.05, 3.63) is 23.5 Å². The first-order valence-electron chi connectivity index (χ1n) is 3.58. The third-order valence-corrected chi connectivity index (χ3v) is 2.18. The SMILES string of the molecule is N#Cc1cc(C(O)CBr)ncc1N. The van der Waals surface area contributed by atoms with Crippen LogP contribution in [0.1, 0.15) is 17.4 Å². The molecule has 4 nitrogen and oxygen atoms in total. The average Bonchev–Trinajstić information content (AvgIpc) is 2.17. The van der Waals surface area contributed by atoms with Gasteiger partial charge in [-0.2, -0.15) is 5.26 Å². The molecule has 0 spiro atoms. The van der Waals surface area contributed by atoms with E-state index in [-0.39, 0.29) is 0 Å². The number of hydrogen-bond acceptors (Lipinski definition) is 4. The van der Waals surface area contributed by atoms with E-state index in [2.05, 4.69) is 20.9 Å². The third kappa shape index (κ3) is 2.17. The molecule has 0 aliphatic carbocycles. The zero-order valence-corrected chi connectivity index (χ0v) is 8.32. The summed E-state index contributed by atoms with van der Waals surface area (Å²) in [7, 11) is 0. The highest BCUT2D eigenvalue weighted by Gasteiger charge is 2.09. The van der Waals surface area contributed by atoms with Crippen LogP contribution >= 0.6 is 15.9 Å². The summed E-state index contributed by atoms with van der Waals surface area (Å²) >= 11 is 3.11. The molecule has 1 heterocycles. The number of nitriles is 1. The molecule has 68 valence electrons. The highest BCUT2D eigenvalue weighted by Crippen LogP contribution is 2.17. The maximum atomic E-state index is 9.38. The van der Waals surface area contributed by atoms with Crippen LogP contribution in [0, 0.1) is 11.3 Å². The number of pyridine rings is 1. The number of aliphatic hydroxyl groups is 1. The maximum Gasteiger partial charge on any atom is 0.106 e. The van der Waals surface area contributed by atoms with Crippen LogP contribution in [0.25, 0.3) is 0 Å². The first-order chi connectivity index (χ1) is 6.19. The van der Waals surface area contributed by atoms with Crippen LogP contribution in [0.5, 0.6) is 0 Å². The van der Waals surface area contributed by atoms with Gasteiger partial charge in [-0.3, -0.25) is 4.98 Å². The summed E-state index contributed by atoms with van der Waals surface area (Å²) in [6.45, 7) is 0. The summed E-state index contributed by atoms with van der Waals surface area (Å²) in [5.41, 5.74) is 6.57. The zero-order valence-electron chi connectivity index (χ0n) is 6.74. The minimum Gasteiger partial charge on any atom is -0.396 e. The molecule has 0 aliphatic heterocycles. The molecular weight excluding hydrogens is 234 g/mol. The van der Waals surface area contributed by atoms with Crippen molar-refractivity contribution in [1.29, 1.82) is 5.26 Å². The molecule has 0 saturated carbocycles. The van der Waals surface area contributed by atoms with Gasteiger partial charge in [0.25, 0.3) is 0 Å². The van der Waals surface area contributed by atoms with Crippen molar-refractivity contribution < 1.29 is 5.11 Å². The van der Waals surface area contributed by atoms with Crippen LogP contribution < -0.4 is 5.73 Å². The van der Waals surface area contributed by atoms with Crippen molar-refractivity contribution in [2.75, 3.05) is 11.1 Å². The minimum atomic E-state index is -0.701. The number of nitrogen functional groups attached to an aromatic ring is 1. The number of rotatable bonds is 2. The second-order valence-corrected chi connectivity index (χ2v) is 3.13. The van der Waals surface area contributed by atoms with Gasteiger partial charge in [-0.25, -0.2) is 0 Å². The van der Waals surface area contributed by atoms with Crippen molar-refractivity contribution in [3.8, 4) is 6.07 Å². The fourth-order valence-electron chi connectivity index (χ4n) is 0.840. The second-order valence-electron chi connectivity index (χ2n) is 2.48. The Kier molecular flexibility index (Phi) is 3.23. The molecule has 0 saturated heterocycles. The Morgan fingerprint density at radius 1 is 1.77 bits per heavy atom. The van der Waals surface area contributed by atoms with Gasteiger partial charge in [-0.1, -0.05) is 15.9 Å². The summed E-state index contributed by atoms with van der Waals surface area (Å²) in [6.07, 6.45) is 0.674. The van der Waals surface area contributed by atoms with Crippen LogP contribution in [-0.4, -0.2) is 15.4 Å². The van der Waals surface area contributed by atoms with E-state index in [1.54, 1.807) is 0 Å². The lowest BCUT2D eigenvalue weighted by molar-refractivity contribution is 0.200. The van der Waals surface area contributed by atoms with Crippen molar-refractivity contribution >= 4 is 21.6 Å². The van der Waals surface area contributed by atoms with E-state index >= 15 is 0 Å². The lowest BCUT2D eigenvalue weighted by Gasteiger charge is -2.06. The number of nitrogens with two attached hydrogens (primary N) is 1. The van der Waals surface area contributed by atoms with E-state index in [0.29, 0.717) is 22.3 Å². The van der Waals surface area contributed by atoms with E-state index in [1.165, 1.54) is 12.3 Å². The Bertz CT molecular complexity index is 348. The fraction of sp³-hybridized carbons (Fsp3) is 0.250. The predicted molar refractivity (Wildman–Crippen MR) is 52.1 cm³/mol. The van der Waals surface area contributed by atoms with Crippen LogP contribution in [0.2, 0.25) is 0 Å². The van der Waals surface area contributed by atoms with E-state index in [4.69, 9.17) is 11.0 Å². The number of aliphatic hydroxyl groups excluding tert-OH is 1. The molecule has 1 rings (SSSR count). The Morgan fingerprint density at radius 3 is 3.00 bits per heavy atom. The Labute approximate surface area is 84.1 Å². The molecule has 5 heteroatoms. The number of alkyl halides is 1. The molecule has 0 radical (unpaired) electrons. The first-order valence-corrected chi connectivity index (χ1v) is 4.70. The number of nitrogens with zero attached hydrogens (tertiary/aromatic N) is 2. The number of hydrogen-bond donors (Lipinski definition) is 2. The van der Waals surface area contributed by atoms with Crippen LogP contribution in [0.3, 0.4) is 0 Å².